The maximum Gasteiger partial charge on any atom is 0.0329 e. The predicted molar refractivity (Wildman–Crippen MR) is 62.8 cm³/mol. The van der Waals surface area contributed by atoms with E-state index in [-0.39, 0.29) is 0 Å². The van der Waals surface area contributed by atoms with E-state index in [0.717, 1.165) is 12.0 Å². The molecular weight excluding hydrogens is 366 g/mol. The van der Waals surface area contributed by atoms with Gasteiger partial charge in [-0.1, -0.05) is 0 Å². The molecule has 64 valence electrons. The van der Waals surface area contributed by atoms with Gasteiger partial charge in [0, 0.05) is 71.4 Å². The first-order valence-electron chi connectivity index (χ1n) is 4.09. The van der Waals surface area contributed by atoms with Crippen molar-refractivity contribution < 1.29 is 0 Å². The number of halogens is 2. The second kappa shape index (κ2) is 3.63. The number of hydrogen-bond donors (Lipinski definition) is 0. The summed E-state index contributed by atoms with van der Waals surface area (Å²) in [5, 5.41) is 0. The van der Waals surface area contributed by atoms with E-state index in [1.54, 1.807) is 0 Å². The molecular formula is C7H12I2N2. The van der Waals surface area contributed by atoms with Crippen LogP contribution in [0.2, 0.25) is 0 Å². The van der Waals surface area contributed by atoms with Gasteiger partial charge in [0.25, 0.3) is 0 Å². The van der Waals surface area contributed by atoms with Crippen molar-refractivity contribution >= 4 is 45.7 Å². The molecule has 0 aliphatic carbocycles. The zero-order valence-corrected chi connectivity index (χ0v) is 10.7. The van der Waals surface area contributed by atoms with Gasteiger partial charge in [0.2, 0.25) is 0 Å². The average Bonchev–Trinajstić information content (AvgIpc) is 2.16. The minimum atomic E-state index is 0.825. The van der Waals surface area contributed by atoms with E-state index in [1.165, 1.54) is 32.5 Å². The van der Waals surface area contributed by atoms with E-state index in [0.29, 0.717) is 0 Å². The first kappa shape index (κ1) is 8.96. The van der Waals surface area contributed by atoms with Crippen LogP contribution < -0.4 is 0 Å². The van der Waals surface area contributed by atoms with E-state index in [9.17, 15) is 0 Å². The Morgan fingerprint density at radius 1 is 1.00 bits per heavy atom. The molecule has 0 spiro atoms. The molecule has 3 aliphatic rings. The Labute approximate surface area is 95.7 Å². The van der Waals surface area contributed by atoms with Gasteiger partial charge < -0.3 is 0 Å². The molecule has 0 N–H and O–H groups in total. The second-order valence-electron chi connectivity index (χ2n) is 3.51. The van der Waals surface area contributed by atoms with Crippen LogP contribution >= 0.6 is 45.7 Å². The third-order valence-electron chi connectivity index (χ3n) is 2.60. The van der Waals surface area contributed by atoms with Gasteiger partial charge in [0.05, 0.1) is 0 Å². The molecule has 2 bridgehead atoms. The van der Waals surface area contributed by atoms with Gasteiger partial charge >= 0.3 is 0 Å². The zero-order chi connectivity index (χ0) is 7.84. The van der Waals surface area contributed by atoms with Crippen LogP contribution in [0.4, 0.5) is 0 Å². The number of nitrogens with zero attached hydrogens (tertiary/aromatic N) is 2. The highest BCUT2D eigenvalue weighted by molar-refractivity contribution is 14.1. The largest absolute Gasteiger partial charge is 0.246 e. The molecule has 0 aromatic heterocycles. The highest BCUT2D eigenvalue weighted by Gasteiger charge is 2.32. The summed E-state index contributed by atoms with van der Waals surface area (Å²) in [6.07, 6.45) is 2.86. The lowest BCUT2D eigenvalue weighted by atomic mass is 9.97. The summed E-state index contributed by atoms with van der Waals surface area (Å²) in [6, 6.07) is 0.825. The van der Waals surface area contributed by atoms with E-state index in [4.69, 9.17) is 0 Å². The van der Waals surface area contributed by atoms with Gasteiger partial charge in [-0.2, -0.15) is 0 Å². The Balaban J connectivity index is 2.10. The summed E-state index contributed by atoms with van der Waals surface area (Å²) in [5.41, 5.74) is 0. The van der Waals surface area contributed by atoms with Gasteiger partial charge in [0.15, 0.2) is 0 Å². The maximum atomic E-state index is 2.50. The molecule has 0 radical (unpaired) electrons. The molecule has 3 heterocycles. The monoisotopic (exact) mass is 378 g/mol. The molecule has 3 rings (SSSR count). The normalized spacial score (nSPS) is 40.9. The summed E-state index contributed by atoms with van der Waals surface area (Å²) >= 11 is 4.95. The van der Waals surface area contributed by atoms with Crippen LogP contribution in [0.1, 0.15) is 12.8 Å². The Kier molecular flexibility index (Phi) is 2.95. The van der Waals surface area contributed by atoms with Crippen molar-refractivity contribution in [3.63, 3.8) is 0 Å². The van der Waals surface area contributed by atoms with Crippen LogP contribution in [0, 0.1) is 5.92 Å². The summed E-state index contributed by atoms with van der Waals surface area (Å²) in [5.74, 6) is 0.933. The lowest BCUT2D eigenvalue weighted by Gasteiger charge is -2.30. The molecule has 3 aliphatic heterocycles. The molecule has 0 aromatic rings. The van der Waals surface area contributed by atoms with Gasteiger partial charge in [-0.3, -0.25) is 0 Å². The van der Waals surface area contributed by atoms with E-state index >= 15 is 0 Å². The lowest BCUT2D eigenvalue weighted by molar-refractivity contribution is 0.270. The van der Waals surface area contributed by atoms with Crippen LogP contribution in [-0.2, 0) is 0 Å². The van der Waals surface area contributed by atoms with Crippen molar-refractivity contribution in [2.45, 2.75) is 18.9 Å². The SMILES string of the molecule is IN1CC2CCC(C1)N(I)C2. The first-order chi connectivity index (χ1) is 5.25. The molecule has 11 heavy (non-hydrogen) atoms. The van der Waals surface area contributed by atoms with Crippen molar-refractivity contribution in [3.8, 4) is 0 Å². The van der Waals surface area contributed by atoms with Crippen molar-refractivity contribution in [3.05, 3.63) is 0 Å². The third kappa shape index (κ3) is 2.00. The van der Waals surface area contributed by atoms with E-state index in [2.05, 4.69) is 52.0 Å². The van der Waals surface area contributed by atoms with Crippen LogP contribution in [0.25, 0.3) is 0 Å². The number of fused-ring (bicyclic) bond motifs is 4. The molecule has 3 fully saturated rings. The molecule has 2 atom stereocenters. The number of hydrogen-bond acceptors (Lipinski definition) is 2. The van der Waals surface area contributed by atoms with Gasteiger partial charge in [-0.25, -0.2) is 6.23 Å². The van der Waals surface area contributed by atoms with Crippen molar-refractivity contribution in [1.29, 1.82) is 0 Å². The fourth-order valence-corrected chi connectivity index (χ4v) is 3.99. The summed E-state index contributed by atoms with van der Waals surface area (Å²) < 4.78 is 4.96. The van der Waals surface area contributed by atoms with Gasteiger partial charge in [-0.15, -0.1) is 0 Å². The van der Waals surface area contributed by atoms with Crippen LogP contribution in [0.15, 0.2) is 0 Å². The Morgan fingerprint density at radius 3 is 2.55 bits per heavy atom. The summed E-state index contributed by atoms with van der Waals surface area (Å²) in [4.78, 5) is 0. The van der Waals surface area contributed by atoms with Gasteiger partial charge in [0.1, 0.15) is 0 Å². The maximum absolute atomic E-state index is 2.50. The van der Waals surface area contributed by atoms with Gasteiger partial charge in [-0.05, 0) is 18.8 Å². The highest BCUT2D eigenvalue weighted by Crippen LogP contribution is 2.31. The average molecular weight is 378 g/mol. The summed E-state index contributed by atoms with van der Waals surface area (Å²) in [7, 11) is 0. The quantitative estimate of drug-likeness (QED) is 0.471. The Bertz CT molecular complexity index is 151. The standard InChI is InChI=1S/C7H12I2N2/c8-10-3-6-1-2-7(5-10)11(9)4-6/h6-7H,1-5H2. The molecule has 3 saturated heterocycles. The lowest BCUT2D eigenvalue weighted by Crippen LogP contribution is -2.36. The van der Waals surface area contributed by atoms with Crippen LogP contribution in [-0.4, -0.2) is 31.9 Å². The molecule has 2 unspecified atom stereocenters. The smallest absolute Gasteiger partial charge is 0.0329 e. The fourth-order valence-electron chi connectivity index (χ4n) is 1.97. The third-order valence-corrected chi connectivity index (χ3v) is 4.57. The zero-order valence-electron chi connectivity index (χ0n) is 6.34. The Hall–Kier alpha value is 1.38. The Morgan fingerprint density at radius 2 is 1.82 bits per heavy atom. The topological polar surface area (TPSA) is 6.48 Å². The van der Waals surface area contributed by atoms with Crippen LogP contribution in [0.5, 0.6) is 0 Å². The first-order valence-corrected chi connectivity index (χ1v) is 6.02. The summed E-state index contributed by atoms with van der Waals surface area (Å²) in [6.45, 7) is 3.88. The van der Waals surface area contributed by atoms with Crippen molar-refractivity contribution in [1.82, 2.24) is 6.23 Å². The number of rotatable bonds is 0. The molecule has 0 saturated carbocycles. The molecule has 2 nitrogen and oxygen atoms in total. The second-order valence-corrected chi connectivity index (χ2v) is 6.11. The molecule has 0 aromatic carbocycles. The van der Waals surface area contributed by atoms with Crippen molar-refractivity contribution in [2.24, 2.45) is 5.92 Å². The molecule has 0 amide bonds. The van der Waals surface area contributed by atoms with Crippen molar-refractivity contribution in [2.75, 3.05) is 19.6 Å². The fraction of sp³-hybridized carbons (Fsp3) is 1.00. The minimum absolute atomic E-state index is 0.825. The van der Waals surface area contributed by atoms with E-state index in [1.807, 2.05) is 0 Å². The number of piperidine rings is 1. The minimum Gasteiger partial charge on any atom is -0.246 e. The van der Waals surface area contributed by atoms with Crippen LogP contribution in [0.3, 0.4) is 0 Å². The predicted octanol–water partition coefficient (Wildman–Crippen LogP) is 2.08. The highest BCUT2D eigenvalue weighted by atomic mass is 127. The molecule has 4 heteroatoms. The van der Waals surface area contributed by atoms with E-state index < -0.39 is 0 Å².